The van der Waals surface area contributed by atoms with Crippen LogP contribution < -0.4 is 16.0 Å². The monoisotopic (exact) mass is 378 g/mol. The molecular weight excluding hydrogens is 348 g/mol. The van der Waals surface area contributed by atoms with Gasteiger partial charge in [0.25, 0.3) is 0 Å². The van der Waals surface area contributed by atoms with Crippen molar-refractivity contribution in [3.63, 3.8) is 0 Å². The van der Waals surface area contributed by atoms with Gasteiger partial charge < -0.3 is 16.0 Å². The van der Waals surface area contributed by atoms with Gasteiger partial charge in [-0.15, -0.1) is 11.3 Å². The van der Waals surface area contributed by atoms with Gasteiger partial charge in [0.15, 0.2) is 5.13 Å². The van der Waals surface area contributed by atoms with Gasteiger partial charge >= 0.3 is 6.03 Å². The van der Waals surface area contributed by atoms with Crippen LogP contribution in [-0.2, 0) is 17.6 Å². The van der Waals surface area contributed by atoms with Crippen LogP contribution in [0.15, 0.2) is 0 Å². The van der Waals surface area contributed by atoms with Crippen molar-refractivity contribution < 1.29 is 9.59 Å². The number of rotatable bonds is 6. The van der Waals surface area contributed by atoms with Crippen molar-refractivity contribution in [3.8, 4) is 0 Å². The van der Waals surface area contributed by atoms with Gasteiger partial charge in [0.2, 0.25) is 5.91 Å². The van der Waals surface area contributed by atoms with Crippen molar-refractivity contribution in [3.05, 3.63) is 10.6 Å². The van der Waals surface area contributed by atoms with Crippen LogP contribution in [0.2, 0.25) is 0 Å². The lowest BCUT2D eigenvalue weighted by Gasteiger charge is -2.22. The SMILES string of the molecule is O=C(CCCNC(=O)NC1CCCCC1)Nc1nc2c(s1)CCCCC2. The first-order chi connectivity index (χ1) is 12.7. The average Bonchev–Trinajstić information content (AvgIpc) is 2.87. The Kier molecular flexibility index (Phi) is 7.29. The number of amides is 3. The molecule has 1 aromatic rings. The minimum atomic E-state index is -0.110. The van der Waals surface area contributed by atoms with Gasteiger partial charge in [-0.2, -0.15) is 0 Å². The molecule has 1 saturated carbocycles. The van der Waals surface area contributed by atoms with Gasteiger partial charge in [-0.3, -0.25) is 4.79 Å². The standard InChI is InChI=1S/C19H30N4O2S/c24-17(23-19-22-15-10-5-2-6-11-16(15)26-19)12-7-13-20-18(25)21-14-8-3-1-4-9-14/h14H,1-13H2,(H2,20,21,25)(H,22,23,24). The molecule has 3 amide bonds. The molecule has 0 atom stereocenters. The minimum Gasteiger partial charge on any atom is -0.338 e. The topological polar surface area (TPSA) is 83.1 Å². The summed E-state index contributed by atoms with van der Waals surface area (Å²) >= 11 is 1.62. The summed E-state index contributed by atoms with van der Waals surface area (Å²) in [6.07, 6.45) is 12.7. The van der Waals surface area contributed by atoms with E-state index in [9.17, 15) is 9.59 Å². The Hall–Kier alpha value is -1.63. The van der Waals surface area contributed by atoms with E-state index in [0.29, 0.717) is 25.4 Å². The summed E-state index contributed by atoms with van der Waals surface area (Å²) in [4.78, 5) is 29.8. The van der Waals surface area contributed by atoms with Crippen LogP contribution in [0.3, 0.4) is 0 Å². The van der Waals surface area contributed by atoms with E-state index >= 15 is 0 Å². The summed E-state index contributed by atoms with van der Waals surface area (Å²) in [6, 6.07) is 0.202. The zero-order valence-electron chi connectivity index (χ0n) is 15.4. The highest BCUT2D eigenvalue weighted by Crippen LogP contribution is 2.28. The zero-order chi connectivity index (χ0) is 18.2. The first-order valence-corrected chi connectivity index (χ1v) is 10.8. The van der Waals surface area contributed by atoms with Crippen molar-refractivity contribution in [2.75, 3.05) is 11.9 Å². The second-order valence-electron chi connectivity index (χ2n) is 7.34. The smallest absolute Gasteiger partial charge is 0.315 e. The van der Waals surface area contributed by atoms with E-state index < -0.39 is 0 Å². The molecule has 3 N–H and O–H groups in total. The van der Waals surface area contributed by atoms with Crippen molar-refractivity contribution in [1.82, 2.24) is 15.6 Å². The molecule has 1 fully saturated rings. The zero-order valence-corrected chi connectivity index (χ0v) is 16.3. The molecule has 2 aliphatic carbocycles. The Balaban J connectivity index is 1.31. The van der Waals surface area contributed by atoms with Gasteiger partial charge in [0.1, 0.15) is 0 Å². The van der Waals surface area contributed by atoms with Crippen LogP contribution in [-0.4, -0.2) is 29.5 Å². The fraction of sp³-hybridized carbons (Fsp3) is 0.737. The molecule has 1 aromatic heterocycles. The maximum atomic E-state index is 12.1. The molecule has 6 nitrogen and oxygen atoms in total. The molecule has 0 aliphatic heterocycles. The summed E-state index contributed by atoms with van der Waals surface area (Å²) in [6.45, 7) is 0.514. The van der Waals surface area contributed by atoms with Gasteiger partial charge in [-0.1, -0.05) is 25.7 Å². The predicted molar refractivity (Wildman–Crippen MR) is 105 cm³/mol. The summed E-state index contributed by atoms with van der Waals surface area (Å²) in [5.74, 6) is -0.0246. The third-order valence-corrected chi connectivity index (χ3v) is 6.22. The third-order valence-electron chi connectivity index (χ3n) is 5.15. The van der Waals surface area contributed by atoms with Gasteiger partial charge in [-0.25, -0.2) is 9.78 Å². The van der Waals surface area contributed by atoms with E-state index in [1.54, 1.807) is 11.3 Å². The molecule has 3 rings (SSSR count). The van der Waals surface area contributed by atoms with Gasteiger partial charge in [0, 0.05) is 23.9 Å². The quantitative estimate of drug-likeness (QED) is 0.520. The number of nitrogens with zero attached hydrogens (tertiary/aromatic N) is 1. The van der Waals surface area contributed by atoms with Crippen LogP contribution in [0.5, 0.6) is 0 Å². The molecule has 0 spiro atoms. The van der Waals surface area contributed by atoms with Crippen LogP contribution in [0.25, 0.3) is 0 Å². The molecule has 0 aromatic carbocycles. The largest absolute Gasteiger partial charge is 0.338 e. The number of nitrogens with one attached hydrogen (secondary N) is 3. The maximum absolute atomic E-state index is 12.1. The molecule has 144 valence electrons. The number of hydrogen-bond donors (Lipinski definition) is 3. The third kappa shape index (κ3) is 5.97. The maximum Gasteiger partial charge on any atom is 0.315 e. The highest BCUT2D eigenvalue weighted by atomic mass is 32.1. The Bertz CT molecular complexity index is 587. The first-order valence-electron chi connectivity index (χ1n) is 10.0. The van der Waals surface area contributed by atoms with E-state index in [4.69, 9.17) is 0 Å². The fourth-order valence-corrected chi connectivity index (χ4v) is 4.76. The van der Waals surface area contributed by atoms with Crippen molar-refractivity contribution in [2.24, 2.45) is 0 Å². The number of thiazole rings is 1. The molecule has 0 radical (unpaired) electrons. The van der Waals surface area contributed by atoms with E-state index in [0.717, 1.165) is 30.8 Å². The minimum absolute atomic E-state index is 0.0246. The Morgan fingerprint density at radius 1 is 1.04 bits per heavy atom. The molecule has 0 saturated heterocycles. The average molecular weight is 379 g/mol. The second kappa shape index (κ2) is 9.90. The number of aromatic nitrogens is 1. The number of urea groups is 1. The van der Waals surface area contributed by atoms with Crippen molar-refractivity contribution in [1.29, 1.82) is 0 Å². The van der Waals surface area contributed by atoms with E-state index in [1.807, 2.05) is 0 Å². The summed E-state index contributed by atoms with van der Waals surface area (Å²) in [5.41, 5.74) is 1.17. The molecule has 7 heteroatoms. The molecule has 1 heterocycles. The Labute approximate surface area is 159 Å². The summed E-state index contributed by atoms with van der Waals surface area (Å²) in [7, 11) is 0. The predicted octanol–water partition coefficient (Wildman–Crippen LogP) is 3.76. The summed E-state index contributed by atoms with van der Waals surface area (Å²) < 4.78 is 0. The normalized spacial score (nSPS) is 17.8. The molecule has 0 bridgehead atoms. The lowest BCUT2D eigenvalue weighted by atomic mass is 9.96. The fourth-order valence-electron chi connectivity index (χ4n) is 3.70. The number of carbonyl (C=O) groups is 2. The van der Waals surface area contributed by atoms with Crippen LogP contribution in [0.4, 0.5) is 9.93 Å². The lowest BCUT2D eigenvalue weighted by molar-refractivity contribution is -0.116. The molecular formula is C19H30N4O2S. The van der Waals surface area contributed by atoms with Crippen molar-refractivity contribution in [2.45, 2.75) is 83.1 Å². The number of hydrogen-bond acceptors (Lipinski definition) is 4. The number of carbonyl (C=O) groups excluding carboxylic acids is 2. The number of anilines is 1. The highest BCUT2D eigenvalue weighted by Gasteiger charge is 2.16. The van der Waals surface area contributed by atoms with Crippen LogP contribution in [0, 0.1) is 0 Å². The van der Waals surface area contributed by atoms with Crippen LogP contribution in [0.1, 0.15) is 74.8 Å². The number of aryl methyl sites for hydroxylation is 2. The molecule has 0 unspecified atom stereocenters. The first kappa shape index (κ1) is 19.1. The van der Waals surface area contributed by atoms with E-state index in [1.165, 1.54) is 49.1 Å². The number of fused-ring (bicyclic) bond motifs is 1. The van der Waals surface area contributed by atoms with E-state index in [-0.39, 0.29) is 11.9 Å². The second-order valence-corrected chi connectivity index (χ2v) is 8.42. The van der Waals surface area contributed by atoms with Crippen molar-refractivity contribution >= 4 is 28.4 Å². The van der Waals surface area contributed by atoms with Gasteiger partial charge in [0.05, 0.1) is 5.69 Å². The van der Waals surface area contributed by atoms with E-state index in [2.05, 4.69) is 20.9 Å². The Morgan fingerprint density at radius 2 is 1.81 bits per heavy atom. The Morgan fingerprint density at radius 3 is 2.65 bits per heavy atom. The summed E-state index contributed by atoms with van der Waals surface area (Å²) in [5, 5.41) is 9.51. The lowest BCUT2D eigenvalue weighted by Crippen LogP contribution is -2.43. The molecule has 2 aliphatic rings. The van der Waals surface area contributed by atoms with Gasteiger partial charge in [-0.05, 0) is 44.9 Å². The highest BCUT2D eigenvalue weighted by molar-refractivity contribution is 7.15. The molecule has 26 heavy (non-hydrogen) atoms. The van der Waals surface area contributed by atoms with Crippen LogP contribution >= 0.6 is 11.3 Å².